The van der Waals surface area contributed by atoms with Gasteiger partial charge in [0.15, 0.2) is 6.10 Å². The first-order valence-corrected chi connectivity index (χ1v) is 13.7. The number of rotatable bonds is 9. The lowest BCUT2D eigenvalue weighted by atomic mass is 9.98. The number of benzene rings is 4. The second-order valence-corrected chi connectivity index (χ2v) is 9.74. The average molecular weight is 597 g/mol. The predicted octanol–water partition coefficient (Wildman–Crippen LogP) is 4.24. The number of ether oxygens (including phenoxy) is 5. The van der Waals surface area contributed by atoms with Crippen LogP contribution >= 0.6 is 0 Å². The zero-order chi connectivity index (χ0) is 30.9. The number of hydrogen-bond donors (Lipinski definition) is 1. The molecular weight excluding hydrogens is 568 g/mol. The maximum Gasteiger partial charge on any atom is 0.340 e. The van der Waals surface area contributed by atoms with Gasteiger partial charge in [-0.15, -0.1) is 0 Å². The minimum atomic E-state index is -1.67. The van der Waals surface area contributed by atoms with Gasteiger partial charge >= 0.3 is 23.9 Å². The van der Waals surface area contributed by atoms with Gasteiger partial charge in [0.2, 0.25) is 12.4 Å². The number of carbonyl (C=O) groups is 4. The molecule has 0 aliphatic carbocycles. The summed E-state index contributed by atoms with van der Waals surface area (Å²) in [7, 11) is 0. The molecular formula is C34H28O10. The van der Waals surface area contributed by atoms with Gasteiger partial charge in [-0.3, -0.25) is 0 Å². The summed E-state index contributed by atoms with van der Waals surface area (Å²) in [4.78, 5) is 52.1. The van der Waals surface area contributed by atoms with Crippen LogP contribution in [-0.2, 0) is 23.7 Å². The Morgan fingerprint density at radius 1 is 0.523 bits per heavy atom. The van der Waals surface area contributed by atoms with E-state index in [9.17, 15) is 24.3 Å². The van der Waals surface area contributed by atoms with Crippen LogP contribution in [0.1, 0.15) is 41.4 Å². The fourth-order valence-corrected chi connectivity index (χ4v) is 4.48. The van der Waals surface area contributed by atoms with E-state index in [4.69, 9.17) is 23.7 Å². The molecule has 1 fully saturated rings. The quantitative estimate of drug-likeness (QED) is 0.221. The maximum absolute atomic E-state index is 13.2. The summed E-state index contributed by atoms with van der Waals surface area (Å²) in [6.45, 7) is -0.507. The number of aliphatic hydroxyl groups excluding tert-OH is 1. The Hall–Kier alpha value is -5.32. The van der Waals surface area contributed by atoms with Gasteiger partial charge in [-0.1, -0.05) is 72.8 Å². The molecule has 0 radical (unpaired) electrons. The maximum atomic E-state index is 13.2. The highest BCUT2D eigenvalue weighted by atomic mass is 16.7. The molecule has 44 heavy (non-hydrogen) atoms. The highest BCUT2D eigenvalue weighted by Gasteiger charge is 2.52. The van der Waals surface area contributed by atoms with Crippen molar-refractivity contribution in [2.24, 2.45) is 0 Å². The number of hydrogen-bond acceptors (Lipinski definition) is 10. The normalized spacial score (nSPS) is 21.0. The van der Waals surface area contributed by atoms with Gasteiger partial charge in [-0.2, -0.15) is 0 Å². The van der Waals surface area contributed by atoms with Crippen molar-refractivity contribution in [3.63, 3.8) is 0 Å². The smallest absolute Gasteiger partial charge is 0.340 e. The number of aliphatic hydroxyl groups is 1. The van der Waals surface area contributed by atoms with Crippen LogP contribution in [0.15, 0.2) is 121 Å². The molecule has 5 rings (SSSR count). The molecule has 224 valence electrons. The standard InChI is InChI=1S/C34H28O10/c35-27-26(21-40-30(36)22-13-5-1-6-14-22)41-34(44-33(39)25-19-11-4-12-20-25)29(43-32(38)24-17-9-3-10-18-24)28(27)42-31(37)23-15-7-2-8-16-23/h1-20,26-29,34-35H,21H2/t26?,27-,28?,29?,34+/m1/s1. The zero-order valence-electron chi connectivity index (χ0n) is 23.3. The summed E-state index contributed by atoms with van der Waals surface area (Å²) < 4.78 is 28.3. The van der Waals surface area contributed by atoms with Crippen molar-refractivity contribution in [3.05, 3.63) is 144 Å². The van der Waals surface area contributed by atoms with E-state index in [0.29, 0.717) is 0 Å². The number of esters is 4. The van der Waals surface area contributed by atoms with Gasteiger partial charge in [-0.05, 0) is 48.5 Å². The van der Waals surface area contributed by atoms with Crippen molar-refractivity contribution in [3.8, 4) is 0 Å². The molecule has 1 N–H and O–H groups in total. The van der Waals surface area contributed by atoms with Crippen LogP contribution in [0.25, 0.3) is 0 Å². The first-order valence-electron chi connectivity index (χ1n) is 13.7. The van der Waals surface area contributed by atoms with Crippen LogP contribution in [-0.4, -0.2) is 66.3 Å². The van der Waals surface area contributed by atoms with Gasteiger partial charge in [0.05, 0.1) is 22.3 Å². The topological polar surface area (TPSA) is 135 Å². The van der Waals surface area contributed by atoms with E-state index >= 15 is 0 Å². The van der Waals surface area contributed by atoms with Crippen LogP contribution < -0.4 is 0 Å². The van der Waals surface area contributed by atoms with Crippen LogP contribution in [0.5, 0.6) is 0 Å². The Morgan fingerprint density at radius 2 is 0.886 bits per heavy atom. The Kier molecular flexibility index (Phi) is 9.75. The van der Waals surface area contributed by atoms with Gasteiger partial charge in [-0.25, -0.2) is 19.2 Å². The molecule has 4 aromatic carbocycles. The summed E-state index contributed by atoms with van der Waals surface area (Å²) in [6.07, 6.45) is -7.91. The predicted molar refractivity (Wildman–Crippen MR) is 155 cm³/mol. The van der Waals surface area contributed by atoms with Crippen molar-refractivity contribution in [2.45, 2.75) is 30.7 Å². The Morgan fingerprint density at radius 3 is 1.32 bits per heavy atom. The van der Waals surface area contributed by atoms with E-state index in [1.165, 1.54) is 36.4 Å². The van der Waals surface area contributed by atoms with E-state index in [1.54, 1.807) is 84.9 Å². The lowest BCUT2D eigenvalue weighted by molar-refractivity contribution is -0.283. The third kappa shape index (κ3) is 7.35. The van der Waals surface area contributed by atoms with Crippen molar-refractivity contribution in [1.82, 2.24) is 0 Å². The molecule has 0 amide bonds. The van der Waals surface area contributed by atoms with Crippen molar-refractivity contribution >= 4 is 23.9 Å². The molecule has 0 aromatic heterocycles. The molecule has 1 heterocycles. The van der Waals surface area contributed by atoms with Crippen molar-refractivity contribution in [2.75, 3.05) is 6.61 Å². The van der Waals surface area contributed by atoms with Gasteiger partial charge in [0.1, 0.15) is 18.8 Å². The van der Waals surface area contributed by atoms with Gasteiger partial charge in [0.25, 0.3) is 0 Å². The molecule has 0 spiro atoms. The van der Waals surface area contributed by atoms with Crippen LogP contribution in [0.4, 0.5) is 0 Å². The van der Waals surface area contributed by atoms with E-state index < -0.39 is 61.2 Å². The fourth-order valence-electron chi connectivity index (χ4n) is 4.48. The fraction of sp³-hybridized carbons (Fsp3) is 0.176. The molecule has 1 aliphatic rings. The molecule has 1 saturated heterocycles. The average Bonchev–Trinajstić information content (AvgIpc) is 3.08. The third-order valence-electron chi connectivity index (χ3n) is 6.74. The van der Waals surface area contributed by atoms with Crippen molar-refractivity contribution < 1.29 is 48.0 Å². The Bertz CT molecular complexity index is 1560. The third-order valence-corrected chi connectivity index (χ3v) is 6.74. The first kappa shape index (κ1) is 30.1. The summed E-state index contributed by atoms with van der Waals surface area (Å²) in [6, 6.07) is 32.1. The largest absolute Gasteiger partial charge is 0.459 e. The summed E-state index contributed by atoms with van der Waals surface area (Å²) in [5, 5.41) is 11.4. The van der Waals surface area contributed by atoms with Crippen molar-refractivity contribution in [1.29, 1.82) is 0 Å². The van der Waals surface area contributed by atoms with Crippen LogP contribution in [0.3, 0.4) is 0 Å². The van der Waals surface area contributed by atoms with E-state index in [2.05, 4.69) is 0 Å². The summed E-state index contributed by atoms with van der Waals surface area (Å²) in [5.74, 6) is -3.22. The highest BCUT2D eigenvalue weighted by molar-refractivity contribution is 5.91. The van der Waals surface area contributed by atoms with E-state index in [-0.39, 0.29) is 22.3 Å². The SMILES string of the molecule is O=C(OCC1O[C@@H](OC(=O)c2ccccc2)C(OC(=O)c2ccccc2)C(OC(=O)c2ccccc2)[C@@H]1O)c1ccccc1. The molecule has 5 atom stereocenters. The Labute approximate surface area is 252 Å². The van der Waals surface area contributed by atoms with Gasteiger partial charge in [0, 0.05) is 0 Å². The van der Waals surface area contributed by atoms with Crippen LogP contribution in [0.2, 0.25) is 0 Å². The lowest BCUT2D eigenvalue weighted by Crippen LogP contribution is -2.62. The molecule has 1 aliphatic heterocycles. The lowest BCUT2D eigenvalue weighted by Gasteiger charge is -2.42. The van der Waals surface area contributed by atoms with E-state index in [1.807, 2.05) is 0 Å². The van der Waals surface area contributed by atoms with Crippen LogP contribution in [0, 0.1) is 0 Å². The minimum Gasteiger partial charge on any atom is -0.459 e. The highest BCUT2D eigenvalue weighted by Crippen LogP contribution is 2.30. The first-order chi connectivity index (χ1) is 21.4. The Balaban J connectivity index is 1.46. The zero-order valence-corrected chi connectivity index (χ0v) is 23.3. The summed E-state index contributed by atoms with van der Waals surface area (Å²) in [5.41, 5.74) is 0.734. The van der Waals surface area contributed by atoms with Gasteiger partial charge < -0.3 is 28.8 Å². The molecule has 3 unspecified atom stereocenters. The monoisotopic (exact) mass is 596 g/mol. The molecule has 10 nitrogen and oxygen atoms in total. The second-order valence-electron chi connectivity index (χ2n) is 9.74. The molecule has 10 heteroatoms. The number of carbonyl (C=O) groups excluding carboxylic acids is 4. The summed E-state index contributed by atoms with van der Waals surface area (Å²) >= 11 is 0. The molecule has 0 bridgehead atoms. The second kappa shape index (κ2) is 14.2. The van der Waals surface area contributed by atoms with E-state index in [0.717, 1.165) is 0 Å². The minimum absolute atomic E-state index is 0.155. The molecule has 0 saturated carbocycles. The molecule has 4 aromatic rings.